The number of halogens is 2. The average Bonchev–Trinajstić information content (AvgIpc) is 2.20. The van der Waals surface area contributed by atoms with Gasteiger partial charge in [0.15, 0.2) is 5.82 Å². The molecule has 1 aromatic carbocycles. The molecule has 78 valence electrons. The van der Waals surface area contributed by atoms with Crippen LogP contribution in [0, 0.1) is 5.82 Å². The Bertz CT molecular complexity index is 315. The highest BCUT2D eigenvalue weighted by Gasteiger charge is 2.09. The van der Waals surface area contributed by atoms with Crippen molar-refractivity contribution in [3.63, 3.8) is 0 Å². The zero-order valence-electron chi connectivity index (χ0n) is 8.11. The van der Waals surface area contributed by atoms with Crippen LogP contribution < -0.4 is 11.1 Å². The molecule has 2 nitrogen and oxygen atoms in total. The molecule has 0 unspecified atom stereocenters. The van der Waals surface area contributed by atoms with Crippen LogP contribution >= 0.6 is 15.9 Å². The second kappa shape index (κ2) is 5.32. The monoisotopic (exact) mass is 260 g/mol. The molecule has 0 amide bonds. The lowest BCUT2D eigenvalue weighted by Crippen LogP contribution is -2.05. The SMILES string of the molecule is CCCNc1ccc(CN)c(Br)c1F. The molecular formula is C10H14BrFN2. The van der Waals surface area contributed by atoms with E-state index < -0.39 is 0 Å². The lowest BCUT2D eigenvalue weighted by Gasteiger charge is -2.09. The molecule has 0 atom stereocenters. The first-order valence-corrected chi connectivity index (χ1v) is 5.40. The first-order valence-electron chi connectivity index (χ1n) is 4.61. The van der Waals surface area contributed by atoms with Gasteiger partial charge < -0.3 is 11.1 Å². The Labute approximate surface area is 91.8 Å². The van der Waals surface area contributed by atoms with Gasteiger partial charge in [-0.15, -0.1) is 0 Å². The van der Waals surface area contributed by atoms with Gasteiger partial charge in [0, 0.05) is 13.1 Å². The Morgan fingerprint density at radius 3 is 2.79 bits per heavy atom. The van der Waals surface area contributed by atoms with E-state index in [-0.39, 0.29) is 5.82 Å². The fourth-order valence-corrected chi connectivity index (χ4v) is 1.65. The van der Waals surface area contributed by atoms with E-state index in [0.717, 1.165) is 18.5 Å². The van der Waals surface area contributed by atoms with Crippen molar-refractivity contribution < 1.29 is 4.39 Å². The van der Waals surface area contributed by atoms with Crippen molar-refractivity contribution in [1.82, 2.24) is 0 Å². The van der Waals surface area contributed by atoms with Crippen molar-refractivity contribution in [3.05, 3.63) is 28.0 Å². The maximum absolute atomic E-state index is 13.6. The van der Waals surface area contributed by atoms with Gasteiger partial charge in [-0.1, -0.05) is 13.0 Å². The number of nitrogens with one attached hydrogen (secondary N) is 1. The first-order chi connectivity index (χ1) is 6.70. The highest BCUT2D eigenvalue weighted by Crippen LogP contribution is 2.26. The molecule has 0 saturated carbocycles. The smallest absolute Gasteiger partial charge is 0.160 e. The van der Waals surface area contributed by atoms with Gasteiger partial charge in [-0.3, -0.25) is 0 Å². The van der Waals surface area contributed by atoms with Gasteiger partial charge in [0.05, 0.1) is 10.2 Å². The molecule has 0 aromatic heterocycles. The third-order valence-electron chi connectivity index (χ3n) is 1.95. The topological polar surface area (TPSA) is 38.0 Å². The standard InChI is InChI=1S/C10H14BrFN2/c1-2-5-14-8-4-3-7(6-13)9(11)10(8)12/h3-4,14H,2,5-6,13H2,1H3. The number of anilines is 1. The van der Waals surface area contributed by atoms with Crippen LogP contribution in [0.4, 0.5) is 10.1 Å². The molecule has 0 spiro atoms. The summed E-state index contributed by atoms with van der Waals surface area (Å²) in [5.41, 5.74) is 6.76. The molecule has 0 aliphatic carbocycles. The lowest BCUT2D eigenvalue weighted by atomic mass is 10.2. The minimum absolute atomic E-state index is 0.263. The molecule has 14 heavy (non-hydrogen) atoms. The number of nitrogens with two attached hydrogens (primary N) is 1. The number of hydrogen-bond acceptors (Lipinski definition) is 2. The molecule has 4 heteroatoms. The molecule has 0 fully saturated rings. The van der Waals surface area contributed by atoms with E-state index in [1.807, 2.05) is 13.0 Å². The van der Waals surface area contributed by atoms with E-state index in [2.05, 4.69) is 21.2 Å². The molecular weight excluding hydrogens is 247 g/mol. The predicted molar refractivity (Wildman–Crippen MR) is 60.8 cm³/mol. The van der Waals surface area contributed by atoms with Gasteiger partial charge in [0.2, 0.25) is 0 Å². The quantitative estimate of drug-likeness (QED) is 0.874. The number of rotatable bonds is 4. The van der Waals surface area contributed by atoms with Crippen LogP contribution in [0.3, 0.4) is 0 Å². The zero-order chi connectivity index (χ0) is 10.6. The predicted octanol–water partition coefficient (Wildman–Crippen LogP) is 2.87. The maximum atomic E-state index is 13.6. The summed E-state index contributed by atoms with van der Waals surface area (Å²) in [6, 6.07) is 3.54. The normalized spacial score (nSPS) is 10.3. The molecule has 1 aromatic rings. The second-order valence-corrected chi connectivity index (χ2v) is 3.82. The zero-order valence-corrected chi connectivity index (χ0v) is 9.70. The molecule has 1 rings (SSSR count). The summed E-state index contributed by atoms with van der Waals surface area (Å²) in [5.74, 6) is -0.263. The van der Waals surface area contributed by atoms with Gasteiger partial charge in [-0.25, -0.2) is 4.39 Å². The van der Waals surface area contributed by atoms with Crippen LogP contribution in [0.5, 0.6) is 0 Å². The third kappa shape index (κ3) is 2.45. The molecule has 0 aliphatic heterocycles. The highest BCUT2D eigenvalue weighted by atomic mass is 79.9. The maximum Gasteiger partial charge on any atom is 0.160 e. The Balaban J connectivity index is 2.92. The number of benzene rings is 1. The number of hydrogen-bond donors (Lipinski definition) is 2. The molecule has 0 bridgehead atoms. The summed E-state index contributed by atoms with van der Waals surface area (Å²) in [6.45, 7) is 3.14. The van der Waals surface area contributed by atoms with E-state index in [1.54, 1.807) is 6.07 Å². The van der Waals surface area contributed by atoms with Crippen LogP contribution in [0.1, 0.15) is 18.9 Å². The van der Waals surface area contributed by atoms with E-state index in [1.165, 1.54) is 0 Å². The molecule has 3 N–H and O–H groups in total. The fraction of sp³-hybridized carbons (Fsp3) is 0.400. The van der Waals surface area contributed by atoms with Crippen molar-refractivity contribution in [2.45, 2.75) is 19.9 Å². The van der Waals surface area contributed by atoms with E-state index in [0.29, 0.717) is 16.7 Å². The van der Waals surface area contributed by atoms with E-state index in [4.69, 9.17) is 5.73 Å². The molecule has 0 saturated heterocycles. The summed E-state index contributed by atoms with van der Waals surface area (Å²) in [5, 5.41) is 3.01. The Morgan fingerprint density at radius 2 is 2.21 bits per heavy atom. The van der Waals surface area contributed by atoms with Gasteiger partial charge in [0.1, 0.15) is 0 Å². The summed E-state index contributed by atoms with van der Waals surface area (Å²) < 4.78 is 14.1. The highest BCUT2D eigenvalue weighted by molar-refractivity contribution is 9.10. The molecule has 0 aliphatic rings. The van der Waals surface area contributed by atoms with Crippen LogP contribution in [0.25, 0.3) is 0 Å². The Morgan fingerprint density at radius 1 is 1.50 bits per heavy atom. The average molecular weight is 261 g/mol. The Hall–Kier alpha value is -0.610. The van der Waals surface area contributed by atoms with E-state index >= 15 is 0 Å². The fourth-order valence-electron chi connectivity index (χ4n) is 1.14. The van der Waals surface area contributed by atoms with Gasteiger partial charge in [-0.05, 0) is 34.0 Å². The van der Waals surface area contributed by atoms with Crippen LogP contribution in [-0.2, 0) is 6.54 Å². The van der Waals surface area contributed by atoms with Crippen molar-refractivity contribution in [2.75, 3.05) is 11.9 Å². The minimum atomic E-state index is -0.263. The first kappa shape index (κ1) is 11.5. The third-order valence-corrected chi connectivity index (χ3v) is 2.81. The van der Waals surface area contributed by atoms with Gasteiger partial charge >= 0.3 is 0 Å². The Kier molecular flexibility index (Phi) is 4.35. The lowest BCUT2D eigenvalue weighted by molar-refractivity contribution is 0.620. The summed E-state index contributed by atoms with van der Waals surface area (Å²) in [7, 11) is 0. The second-order valence-electron chi connectivity index (χ2n) is 3.03. The van der Waals surface area contributed by atoms with Crippen molar-refractivity contribution in [2.24, 2.45) is 5.73 Å². The molecule has 0 radical (unpaired) electrons. The van der Waals surface area contributed by atoms with Gasteiger partial charge in [-0.2, -0.15) is 0 Å². The minimum Gasteiger partial charge on any atom is -0.383 e. The van der Waals surface area contributed by atoms with Crippen molar-refractivity contribution >= 4 is 21.6 Å². The van der Waals surface area contributed by atoms with E-state index in [9.17, 15) is 4.39 Å². The largest absolute Gasteiger partial charge is 0.383 e. The van der Waals surface area contributed by atoms with Gasteiger partial charge in [0.25, 0.3) is 0 Å². The summed E-state index contributed by atoms with van der Waals surface area (Å²) in [6.07, 6.45) is 0.968. The van der Waals surface area contributed by atoms with Crippen LogP contribution in [-0.4, -0.2) is 6.54 Å². The van der Waals surface area contributed by atoms with Crippen molar-refractivity contribution in [1.29, 1.82) is 0 Å². The van der Waals surface area contributed by atoms with Crippen LogP contribution in [0.2, 0.25) is 0 Å². The van der Waals surface area contributed by atoms with Crippen molar-refractivity contribution in [3.8, 4) is 0 Å². The molecule has 0 heterocycles. The summed E-state index contributed by atoms with van der Waals surface area (Å²) in [4.78, 5) is 0. The van der Waals surface area contributed by atoms with Crippen LogP contribution in [0.15, 0.2) is 16.6 Å². The summed E-state index contributed by atoms with van der Waals surface area (Å²) >= 11 is 3.19.